The lowest BCUT2D eigenvalue weighted by molar-refractivity contribution is -0.121. The number of hydrogen-bond acceptors (Lipinski definition) is 4. The van der Waals surface area contributed by atoms with Crippen LogP contribution in [0.25, 0.3) is 10.9 Å². The van der Waals surface area contributed by atoms with Crippen LogP contribution < -0.4 is 15.2 Å². The van der Waals surface area contributed by atoms with E-state index in [0.717, 1.165) is 10.9 Å². The fraction of sp³-hybridized carbons (Fsp3) is 0.375. The lowest BCUT2D eigenvalue weighted by Gasteiger charge is -2.14. The number of nitrogens with two attached hydrogens (primary N) is 1. The number of likely N-dealkylation sites (tertiary alicyclic amines) is 1. The molecule has 1 aliphatic rings. The minimum Gasteiger partial charge on any atom is -0.497 e. The summed E-state index contributed by atoms with van der Waals surface area (Å²) in [4.78, 5) is 28.6. The van der Waals surface area contributed by atoms with Gasteiger partial charge >= 0.3 is 0 Å². The fourth-order valence-corrected chi connectivity index (χ4v) is 2.93. The van der Waals surface area contributed by atoms with Gasteiger partial charge in [-0.05, 0) is 18.6 Å². The molecule has 0 spiro atoms. The first-order chi connectivity index (χ1) is 11.0. The molecule has 2 amide bonds. The lowest BCUT2D eigenvalue weighted by atomic mass is 10.1. The SMILES string of the molecule is COc1cc(OC)c2[nH]c(C(=O)N3CC[C@H](C(N)=O)C3)cc2c1. The summed E-state index contributed by atoms with van der Waals surface area (Å²) in [6, 6.07) is 5.35. The topological polar surface area (TPSA) is 97.7 Å². The molecule has 3 rings (SSSR count). The number of benzene rings is 1. The number of carbonyl (C=O) groups excluding carboxylic acids is 2. The van der Waals surface area contributed by atoms with E-state index in [0.29, 0.717) is 36.7 Å². The standard InChI is InChI=1S/C16H19N3O4/c1-22-11-5-10-6-12(18-14(10)13(7-11)23-2)16(21)19-4-3-9(8-19)15(17)20/h5-7,9,18H,3-4,8H2,1-2H3,(H2,17,20)/t9-/m0/s1. The number of carbonyl (C=O) groups is 2. The first kappa shape index (κ1) is 15.2. The van der Waals surface area contributed by atoms with Crippen LogP contribution in [-0.4, -0.2) is 49.0 Å². The van der Waals surface area contributed by atoms with Crippen LogP contribution in [0.1, 0.15) is 16.9 Å². The predicted octanol–water partition coefficient (Wildman–Crippen LogP) is 1.13. The molecule has 0 radical (unpaired) electrons. The second-order valence-electron chi connectivity index (χ2n) is 5.62. The van der Waals surface area contributed by atoms with Gasteiger partial charge in [0, 0.05) is 24.5 Å². The van der Waals surface area contributed by atoms with Crippen LogP contribution in [0.3, 0.4) is 0 Å². The summed E-state index contributed by atoms with van der Waals surface area (Å²) in [5, 5.41) is 0.829. The number of ether oxygens (including phenoxy) is 2. The van der Waals surface area contributed by atoms with Gasteiger partial charge in [0.05, 0.1) is 25.7 Å². The van der Waals surface area contributed by atoms with Gasteiger partial charge in [0.25, 0.3) is 5.91 Å². The molecule has 1 aliphatic heterocycles. The van der Waals surface area contributed by atoms with Gasteiger partial charge in [-0.1, -0.05) is 0 Å². The van der Waals surface area contributed by atoms with Gasteiger partial charge in [0.2, 0.25) is 5.91 Å². The average Bonchev–Trinajstić information content (AvgIpc) is 3.19. The Morgan fingerprint density at radius 2 is 2.04 bits per heavy atom. The molecule has 0 aliphatic carbocycles. The van der Waals surface area contributed by atoms with Crippen LogP contribution in [0, 0.1) is 5.92 Å². The smallest absolute Gasteiger partial charge is 0.270 e. The summed E-state index contributed by atoms with van der Waals surface area (Å²) in [5.74, 6) is 0.490. The minimum atomic E-state index is -0.358. The number of nitrogens with one attached hydrogen (secondary N) is 1. The third kappa shape index (κ3) is 2.69. The zero-order valence-corrected chi connectivity index (χ0v) is 13.1. The molecule has 7 nitrogen and oxygen atoms in total. The van der Waals surface area contributed by atoms with Crippen LogP contribution in [0.15, 0.2) is 18.2 Å². The highest BCUT2D eigenvalue weighted by atomic mass is 16.5. The van der Waals surface area contributed by atoms with Crippen molar-refractivity contribution in [1.29, 1.82) is 0 Å². The number of methoxy groups -OCH3 is 2. The molecule has 0 saturated carbocycles. The van der Waals surface area contributed by atoms with Gasteiger partial charge in [-0.15, -0.1) is 0 Å². The van der Waals surface area contributed by atoms with Crippen LogP contribution in [0.2, 0.25) is 0 Å². The minimum absolute atomic E-state index is 0.147. The van der Waals surface area contributed by atoms with Gasteiger partial charge in [-0.25, -0.2) is 0 Å². The van der Waals surface area contributed by atoms with Crippen LogP contribution >= 0.6 is 0 Å². The number of fused-ring (bicyclic) bond motifs is 1. The molecule has 1 fully saturated rings. The molecule has 2 aromatic rings. The molecule has 1 atom stereocenters. The number of aromatic nitrogens is 1. The maximum absolute atomic E-state index is 12.6. The quantitative estimate of drug-likeness (QED) is 0.883. The summed E-state index contributed by atoms with van der Waals surface area (Å²) in [6.07, 6.45) is 0.610. The normalized spacial score (nSPS) is 17.5. The van der Waals surface area contributed by atoms with E-state index in [4.69, 9.17) is 15.2 Å². The van der Waals surface area contributed by atoms with Gasteiger partial charge in [0.15, 0.2) is 0 Å². The third-order valence-electron chi connectivity index (χ3n) is 4.23. The molecule has 3 N–H and O–H groups in total. The molecule has 0 bridgehead atoms. The third-order valence-corrected chi connectivity index (χ3v) is 4.23. The van der Waals surface area contributed by atoms with Gasteiger partial charge in [-0.3, -0.25) is 9.59 Å². The van der Waals surface area contributed by atoms with E-state index in [1.54, 1.807) is 31.3 Å². The second kappa shape index (κ2) is 5.83. The first-order valence-corrected chi connectivity index (χ1v) is 7.36. The Kier molecular flexibility index (Phi) is 3.85. The van der Waals surface area contributed by atoms with Crippen LogP contribution in [-0.2, 0) is 4.79 Å². The highest BCUT2D eigenvalue weighted by Crippen LogP contribution is 2.31. The number of amides is 2. The van der Waals surface area contributed by atoms with Crippen molar-refractivity contribution in [3.8, 4) is 11.5 Å². The maximum Gasteiger partial charge on any atom is 0.270 e. The van der Waals surface area contributed by atoms with E-state index in [2.05, 4.69) is 4.98 Å². The van der Waals surface area contributed by atoms with E-state index in [1.807, 2.05) is 6.07 Å². The van der Waals surface area contributed by atoms with E-state index in [1.165, 1.54) is 0 Å². The molecule has 122 valence electrons. The number of H-pyrrole nitrogens is 1. The van der Waals surface area contributed by atoms with Crippen molar-refractivity contribution in [2.24, 2.45) is 11.7 Å². The van der Waals surface area contributed by atoms with Crippen molar-refractivity contribution < 1.29 is 19.1 Å². The Bertz CT molecular complexity index is 768. The fourth-order valence-electron chi connectivity index (χ4n) is 2.93. The summed E-state index contributed by atoms with van der Waals surface area (Å²) in [6.45, 7) is 0.895. The summed E-state index contributed by atoms with van der Waals surface area (Å²) in [5.41, 5.74) is 6.51. The zero-order chi connectivity index (χ0) is 16.6. The summed E-state index contributed by atoms with van der Waals surface area (Å²) >= 11 is 0. The number of aromatic amines is 1. The molecule has 0 unspecified atom stereocenters. The van der Waals surface area contributed by atoms with Crippen molar-refractivity contribution in [2.75, 3.05) is 27.3 Å². The number of nitrogens with zero attached hydrogens (tertiary/aromatic N) is 1. The second-order valence-corrected chi connectivity index (χ2v) is 5.62. The molecular weight excluding hydrogens is 298 g/mol. The molecule has 7 heteroatoms. The number of hydrogen-bond donors (Lipinski definition) is 2. The van der Waals surface area contributed by atoms with Gasteiger partial charge < -0.3 is 25.1 Å². The molecule has 1 saturated heterocycles. The number of rotatable bonds is 4. The Morgan fingerprint density at radius 1 is 1.26 bits per heavy atom. The molecule has 1 aromatic carbocycles. The average molecular weight is 317 g/mol. The Hall–Kier alpha value is -2.70. The maximum atomic E-state index is 12.6. The van der Waals surface area contributed by atoms with E-state index in [9.17, 15) is 9.59 Å². The van der Waals surface area contributed by atoms with Gasteiger partial charge in [-0.2, -0.15) is 0 Å². The van der Waals surface area contributed by atoms with Crippen molar-refractivity contribution in [2.45, 2.75) is 6.42 Å². The van der Waals surface area contributed by atoms with E-state index >= 15 is 0 Å². The molecular formula is C16H19N3O4. The lowest BCUT2D eigenvalue weighted by Crippen LogP contribution is -2.31. The van der Waals surface area contributed by atoms with Crippen molar-refractivity contribution in [3.05, 3.63) is 23.9 Å². The van der Waals surface area contributed by atoms with Crippen molar-refractivity contribution in [3.63, 3.8) is 0 Å². The first-order valence-electron chi connectivity index (χ1n) is 7.36. The van der Waals surface area contributed by atoms with Crippen molar-refractivity contribution >= 4 is 22.7 Å². The van der Waals surface area contributed by atoms with Crippen molar-refractivity contribution in [1.82, 2.24) is 9.88 Å². The monoisotopic (exact) mass is 317 g/mol. The highest BCUT2D eigenvalue weighted by Gasteiger charge is 2.30. The largest absolute Gasteiger partial charge is 0.497 e. The number of primary amides is 1. The Morgan fingerprint density at radius 3 is 2.65 bits per heavy atom. The van der Waals surface area contributed by atoms with Gasteiger partial charge in [0.1, 0.15) is 17.2 Å². The zero-order valence-electron chi connectivity index (χ0n) is 13.1. The molecule has 1 aromatic heterocycles. The molecule has 23 heavy (non-hydrogen) atoms. The van der Waals surface area contributed by atoms with Crippen LogP contribution in [0.4, 0.5) is 0 Å². The van der Waals surface area contributed by atoms with E-state index in [-0.39, 0.29) is 17.7 Å². The van der Waals surface area contributed by atoms with Crippen LogP contribution in [0.5, 0.6) is 11.5 Å². The Balaban J connectivity index is 1.91. The van der Waals surface area contributed by atoms with E-state index < -0.39 is 0 Å². The highest BCUT2D eigenvalue weighted by molar-refractivity contribution is 6.00. The molecule has 2 heterocycles. The predicted molar refractivity (Wildman–Crippen MR) is 84.6 cm³/mol. The Labute approximate surface area is 133 Å². The summed E-state index contributed by atoms with van der Waals surface area (Å²) < 4.78 is 10.6. The summed E-state index contributed by atoms with van der Waals surface area (Å²) in [7, 11) is 3.14.